The van der Waals surface area contributed by atoms with Crippen molar-refractivity contribution in [2.45, 2.75) is 0 Å². The molecule has 1 nitrogen and oxygen atoms in total. The van der Waals surface area contributed by atoms with Crippen LogP contribution in [0.2, 0.25) is 0 Å². The van der Waals surface area contributed by atoms with Crippen LogP contribution in [0.4, 0.5) is 0 Å². The Kier molecular flexibility index (Phi) is 3.63. The predicted molar refractivity (Wildman–Crippen MR) is 139 cm³/mol. The first-order valence-corrected chi connectivity index (χ1v) is 11.2. The molecule has 1 heterocycles. The molecule has 6 aromatic carbocycles. The molecule has 0 spiro atoms. The lowest BCUT2D eigenvalue weighted by atomic mass is 9.36. The van der Waals surface area contributed by atoms with Gasteiger partial charge in [0.2, 0.25) is 6.71 Å². The van der Waals surface area contributed by atoms with E-state index in [-0.39, 0.29) is 6.71 Å². The van der Waals surface area contributed by atoms with Gasteiger partial charge in [0.15, 0.2) is 0 Å². The first kappa shape index (κ1) is 17.7. The molecule has 0 saturated heterocycles. The van der Waals surface area contributed by atoms with E-state index in [0.717, 1.165) is 5.71 Å². The highest BCUT2D eigenvalue weighted by Gasteiger charge is 2.32. The molecular weight excluding hydrogens is 385 g/mol. The van der Waals surface area contributed by atoms with Gasteiger partial charge in [-0.05, 0) is 43.9 Å². The molecule has 0 aliphatic carbocycles. The van der Waals surface area contributed by atoms with Crippen LogP contribution in [0.25, 0.3) is 32.3 Å². The van der Waals surface area contributed by atoms with Crippen molar-refractivity contribution < 1.29 is 0 Å². The van der Waals surface area contributed by atoms with Gasteiger partial charge in [-0.2, -0.15) is 0 Å². The topological polar surface area (TPSA) is 12.4 Å². The summed E-state index contributed by atoms with van der Waals surface area (Å²) in [6.45, 7) is 0.162. The van der Waals surface area contributed by atoms with E-state index in [1.54, 1.807) is 0 Å². The van der Waals surface area contributed by atoms with Crippen LogP contribution >= 0.6 is 0 Å². The monoisotopic (exact) mass is 405 g/mol. The number of benzene rings is 6. The van der Waals surface area contributed by atoms with Crippen LogP contribution in [0, 0.1) is 0 Å². The Bertz CT molecular complexity index is 1680. The van der Waals surface area contributed by atoms with E-state index >= 15 is 0 Å². The number of aliphatic imine (C=N–C) groups is 1. The van der Waals surface area contributed by atoms with E-state index in [2.05, 4.69) is 103 Å². The number of hydrogen-bond donors (Lipinski definition) is 0. The molecule has 32 heavy (non-hydrogen) atoms. The standard InChI is InChI=1S/C30H20BN/c1-32-30-23-12-5-6-13-25(23)31(22-10-3-2-4-11-22)26-17-16-20-15-14-19-8-7-9-21-18-24(30)29(26)28(20)27(19)21/h2-18H,1H3. The molecule has 0 bridgehead atoms. The largest absolute Gasteiger partial charge is 0.287 e. The summed E-state index contributed by atoms with van der Waals surface area (Å²) in [6.07, 6.45) is 0. The zero-order chi connectivity index (χ0) is 21.2. The SMILES string of the molecule is CN=C1c2ccccc2B(c2ccccc2)c2ccc3ccc4cccc5cc1c2c3c45. The quantitative estimate of drug-likeness (QED) is 0.273. The van der Waals surface area contributed by atoms with E-state index in [1.165, 1.54) is 59.8 Å². The van der Waals surface area contributed by atoms with Crippen LogP contribution in [0.15, 0.2) is 108 Å². The van der Waals surface area contributed by atoms with Gasteiger partial charge in [0.1, 0.15) is 0 Å². The van der Waals surface area contributed by atoms with Crippen LogP contribution < -0.4 is 16.4 Å². The molecule has 1 aliphatic heterocycles. The fourth-order valence-corrected chi connectivity index (χ4v) is 5.83. The van der Waals surface area contributed by atoms with Gasteiger partial charge in [0.05, 0.1) is 5.71 Å². The molecule has 0 aromatic heterocycles. The summed E-state index contributed by atoms with van der Waals surface area (Å²) < 4.78 is 0. The zero-order valence-electron chi connectivity index (χ0n) is 17.8. The molecule has 1 aliphatic rings. The average Bonchev–Trinajstić information content (AvgIpc) is 2.97. The average molecular weight is 405 g/mol. The molecule has 7 rings (SSSR count). The number of hydrogen-bond acceptors (Lipinski definition) is 1. The van der Waals surface area contributed by atoms with Gasteiger partial charge in [-0.3, -0.25) is 4.99 Å². The normalized spacial score (nSPS) is 14.4. The van der Waals surface area contributed by atoms with Crippen LogP contribution in [0.5, 0.6) is 0 Å². The van der Waals surface area contributed by atoms with Crippen LogP contribution in [0.1, 0.15) is 11.1 Å². The number of rotatable bonds is 1. The van der Waals surface area contributed by atoms with E-state index < -0.39 is 0 Å². The first-order valence-electron chi connectivity index (χ1n) is 11.2. The van der Waals surface area contributed by atoms with Crippen molar-refractivity contribution in [3.63, 3.8) is 0 Å². The van der Waals surface area contributed by atoms with E-state index in [0.29, 0.717) is 0 Å². The third-order valence-electron chi connectivity index (χ3n) is 7.11. The maximum Gasteiger partial charge on any atom is 0.242 e. The molecule has 0 unspecified atom stereocenters. The number of nitrogens with zero attached hydrogens (tertiary/aromatic N) is 1. The Morgan fingerprint density at radius 1 is 0.531 bits per heavy atom. The Morgan fingerprint density at radius 2 is 1.25 bits per heavy atom. The predicted octanol–water partition coefficient (Wildman–Crippen LogP) is 4.88. The Hall–Kier alpha value is -3.91. The van der Waals surface area contributed by atoms with Crippen molar-refractivity contribution in [3.05, 3.63) is 114 Å². The lowest BCUT2D eigenvalue weighted by Gasteiger charge is -2.19. The van der Waals surface area contributed by atoms with Crippen LogP contribution in [-0.2, 0) is 0 Å². The molecule has 0 fully saturated rings. The first-order chi connectivity index (χ1) is 15.8. The van der Waals surface area contributed by atoms with Gasteiger partial charge < -0.3 is 0 Å². The molecule has 0 radical (unpaired) electrons. The van der Waals surface area contributed by atoms with Crippen LogP contribution in [-0.4, -0.2) is 19.5 Å². The van der Waals surface area contributed by atoms with Gasteiger partial charge in [-0.1, -0.05) is 113 Å². The summed E-state index contributed by atoms with van der Waals surface area (Å²) in [5.74, 6) is 0. The lowest BCUT2D eigenvalue weighted by Crippen LogP contribution is -2.52. The maximum absolute atomic E-state index is 4.88. The second-order valence-electron chi connectivity index (χ2n) is 8.70. The van der Waals surface area contributed by atoms with E-state index in [9.17, 15) is 0 Å². The molecule has 0 saturated carbocycles. The highest BCUT2D eigenvalue weighted by atomic mass is 14.7. The molecular formula is C30H20BN. The minimum atomic E-state index is 0.162. The Balaban J connectivity index is 1.76. The van der Waals surface area contributed by atoms with E-state index in [1.807, 2.05) is 7.05 Å². The summed E-state index contributed by atoms with van der Waals surface area (Å²) >= 11 is 0. The molecule has 148 valence electrons. The Morgan fingerprint density at radius 3 is 2.09 bits per heavy atom. The maximum atomic E-state index is 4.88. The zero-order valence-corrected chi connectivity index (χ0v) is 17.8. The van der Waals surface area contributed by atoms with Crippen molar-refractivity contribution in [2.24, 2.45) is 4.99 Å². The third kappa shape index (κ3) is 2.27. The van der Waals surface area contributed by atoms with Gasteiger partial charge >= 0.3 is 0 Å². The van der Waals surface area contributed by atoms with Crippen molar-refractivity contribution >= 4 is 61.1 Å². The second kappa shape index (κ2) is 6.54. The number of fused-ring (bicyclic) bond motifs is 1. The molecule has 0 N–H and O–H groups in total. The van der Waals surface area contributed by atoms with Crippen molar-refractivity contribution in [3.8, 4) is 0 Å². The third-order valence-corrected chi connectivity index (χ3v) is 7.11. The van der Waals surface area contributed by atoms with Crippen molar-refractivity contribution in [1.82, 2.24) is 0 Å². The van der Waals surface area contributed by atoms with Crippen molar-refractivity contribution in [2.75, 3.05) is 7.05 Å². The smallest absolute Gasteiger partial charge is 0.242 e. The summed E-state index contributed by atoms with van der Waals surface area (Å²) in [6, 6.07) is 37.9. The second-order valence-corrected chi connectivity index (χ2v) is 8.70. The van der Waals surface area contributed by atoms with Gasteiger partial charge in [-0.25, -0.2) is 0 Å². The molecule has 2 heteroatoms. The fraction of sp³-hybridized carbons (Fsp3) is 0.0333. The Labute approximate surface area is 187 Å². The van der Waals surface area contributed by atoms with Gasteiger partial charge in [-0.15, -0.1) is 0 Å². The van der Waals surface area contributed by atoms with Gasteiger partial charge in [0, 0.05) is 12.6 Å². The summed E-state index contributed by atoms with van der Waals surface area (Å²) in [5, 5.41) is 7.94. The summed E-state index contributed by atoms with van der Waals surface area (Å²) in [4.78, 5) is 4.88. The minimum absolute atomic E-state index is 0.162. The summed E-state index contributed by atoms with van der Waals surface area (Å²) in [7, 11) is 1.93. The highest BCUT2D eigenvalue weighted by Crippen LogP contribution is 2.37. The fourth-order valence-electron chi connectivity index (χ4n) is 5.83. The summed E-state index contributed by atoms with van der Waals surface area (Å²) in [5.41, 5.74) is 7.55. The van der Waals surface area contributed by atoms with Gasteiger partial charge in [0.25, 0.3) is 0 Å². The van der Waals surface area contributed by atoms with Crippen molar-refractivity contribution in [1.29, 1.82) is 0 Å². The van der Waals surface area contributed by atoms with Crippen LogP contribution in [0.3, 0.4) is 0 Å². The lowest BCUT2D eigenvalue weighted by molar-refractivity contribution is 1.43. The minimum Gasteiger partial charge on any atom is -0.287 e. The molecule has 0 atom stereocenters. The highest BCUT2D eigenvalue weighted by molar-refractivity contribution is 6.98. The van der Waals surface area contributed by atoms with E-state index in [4.69, 9.17) is 4.99 Å². The molecule has 0 amide bonds. The molecule has 6 aromatic rings.